The summed E-state index contributed by atoms with van der Waals surface area (Å²) in [5.74, 6) is 2.58. The van der Waals surface area contributed by atoms with Crippen LogP contribution < -0.4 is 10.2 Å². The molecule has 1 fully saturated rings. The lowest BCUT2D eigenvalue weighted by atomic mass is 10.0. The molecule has 0 aliphatic carbocycles. The summed E-state index contributed by atoms with van der Waals surface area (Å²) < 4.78 is 7.03. The minimum atomic E-state index is 0.423. The highest BCUT2D eigenvalue weighted by Crippen LogP contribution is 2.23. The van der Waals surface area contributed by atoms with Gasteiger partial charge in [0.2, 0.25) is 0 Å². The van der Waals surface area contributed by atoms with E-state index in [4.69, 9.17) is 4.74 Å². The maximum absolute atomic E-state index is 5.23. The summed E-state index contributed by atoms with van der Waals surface area (Å²) in [5, 5.41) is 7.88. The third-order valence-electron chi connectivity index (χ3n) is 4.64. The minimum absolute atomic E-state index is 0.423. The van der Waals surface area contributed by atoms with Crippen molar-refractivity contribution in [1.82, 2.24) is 24.6 Å². The van der Waals surface area contributed by atoms with Crippen molar-refractivity contribution >= 4 is 17.4 Å². The Bertz CT molecular complexity index is 886. The summed E-state index contributed by atoms with van der Waals surface area (Å²) in [6, 6.07) is 8.54. The van der Waals surface area contributed by atoms with E-state index in [0.717, 1.165) is 49.0 Å². The van der Waals surface area contributed by atoms with Crippen molar-refractivity contribution in [2.45, 2.75) is 32.4 Å². The average molecular weight is 353 g/mol. The Hall–Kier alpha value is -2.74. The predicted molar refractivity (Wildman–Crippen MR) is 99.3 cm³/mol. The lowest BCUT2D eigenvalue weighted by Gasteiger charge is -2.34. The molecule has 1 aliphatic rings. The van der Waals surface area contributed by atoms with E-state index in [-0.39, 0.29) is 0 Å². The number of anilines is 2. The van der Waals surface area contributed by atoms with Gasteiger partial charge in [0, 0.05) is 38.0 Å². The molecule has 4 heterocycles. The lowest BCUT2D eigenvalue weighted by molar-refractivity contribution is 0.181. The van der Waals surface area contributed by atoms with Gasteiger partial charge in [0.15, 0.2) is 0 Å². The third kappa shape index (κ3) is 3.45. The van der Waals surface area contributed by atoms with E-state index in [0.29, 0.717) is 18.4 Å². The Morgan fingerprint density at radius 2 is 2.08 bits per heavy atom. The molecular weight excluding hydrogens is 330 g/mol. The molecule has 3 aromatic heterocycles. The molecule has 0 unspecified atom stereocenters. The molecule has 0 radical (unpaired) electrons. The minimum Gasteiger partial charge on any atom is -0.378 e. The highest BCUT2D eigenvalue weighted by atomic mass is 16.5. The molecule has 8 heteroatoms. The van der Waals surface area contributed by atoms with Crippen LogP contribution in [-0.4, -0.2) is 50.8 Å². The quantitative estimate of drug-likeness (QED) is 0.752. The van der Waals surface area contributed by atoms with Crippen LogP contribution in [0.1, 0.15) is 24.2 Å². The van der Waals surface area contributed by atoms with E-state index in [1.807, 2.05) is 31.2 Å². The number of hydrogen-bond acceptors (Lipinski definition) is 7. The summed E-state index contributed by atoms with van der Waals surface area (Å²) in [6.07, 6.45) is 3.61. The zero-order valence-electron chi connectivity index (χ0n) is 15.1. The van der Waals surface area contributed by atoms with Gasteiger partial charge in [-0.3, -0.25) is 0 Å². The van der Waals surface area contributed by atoms with Gasteiger partial charge < -0.3 is 15.0 Å². The van der Waals surface area contributed by atoms with Gasteiger partial charge in [-0.05, 0) is 31.9 Å². The number of rotatable bonds is 5. The number of pyridine rings is 1. The number of fused-ring (bicyclic) bond motifs is 1. The Morgan fingerprint density at radius 1 is 1.23 bits per heavy atom. The normalized spacial score (nSPS) is 15.5. The maximum atomic E-state index is 5.23. The largest absolute Gasteiger partial charge is 0.378 e. The van der Waals surface area contributed by atoms with Crippen LogP contribution in [0.25, 0.3) is 5.78 Å². The lowest BCUT2D eigenvalue weighted by Crippen LogP contribution is -2.40. The van der Waals surface area contributed by atoms with Crippen molar-refractivity contribution in [3.05, 3.63) is 42.0 Å². The fourth-order valence-corrected chi connectivity index (χ4v) is 3.38. The van der Waals surface area contributed by atoms with E-state index >= 15 is 0 Å². The van der Waals surface area contributed by atoms with Crippen molar-refractivity contribution in [3.63, 3.8) is 0 Å². The molecule has 1 N–H and O–H groups in total. The standard InChI is InChI=1S/C18H23N7O/c1-13-4-3-5-16(21-13)22-14-6-8-24(9-7-14)17-10-15(11-26-2)23-18-19-12-20-25(17)18/h3-5,10,12,14H,6-9,11H2,1-2H3,(H,21,22). The summed E-state index contributed by atoms with van der Waals surface area (Å²) in [5.41, 5.74) is 1.90. The number of nitrogens with zero attached hydrogens (tertiary/aromatic N) is 6. The Balaban J connectivity index is 1.47. The number of aryl methyl sites for hydroxylation is 1. The van der Waals surface area contributed by atoms with Crippen molar-refractivity contribution in [2.75, 3.05) is 30.4 Å². The molecule has 136 valence electrons. The van der Waals surface area contributed by atoms with Crippen LogP contribution in [0, 0.1) is 6.92 Å². The fraction of sp³-hybridized carbons (Fsp3) is 0.444. The molecule has 0 amide bonds. The van der Waals surface area contributed by atoms with E-state index in [1.54, 1.807) is 18.0 Å². The van der Waals surface area contributed by atoms with Gasteiger partial charge in [0.05, 0.1) is 12.3 Å². The molecule has 4 rings (SSSR count). The molecule has 0 aromatic carbocycles. The zero-order chi connectivity index (χ0) is 17.9. The number of hydrogen-bond donors (Lipinski definition) is 1. The Kier molecular flexibility index (Phi) is 4.66. The van der Waals surface area contributed by atoms with Crippen molar-refractivity contribution in [2.24, 2.45) is 0 Å². The van der Waals surface area contributed by atoms with Gasteiger partial charge in [0.25, 0.3) is 5.78 Å². The second-order valence-electron chi connectivity index (χ2n) is 6.58. The average Bonchev–Trinajstić information content (AvgIpc) is 3.11. The molecule has 1 aliphatic heterocycles. The molecule has 26 heavy (non-hydrogen) atoms. The van der Waals surface area contributed by atoms with Gasteiger partial charge in [-0.15, -0.1) is 0 Å². The first kappa shape index (κ1) is 16.7. The smallest absolute Gasteiger partial charge is 0.254 e. The molecule has 0 spiro atoms. The van der Waals surface area contributed by atoms with Gasteiger partial charge in [-0.2, -0.15) is 14.6 Å². The first-order valence-electron chi connectivity index (χ1n) is 8.86. The number of aromatic nitrogens is 5. The molecule has 0 saturated carbocycles. The SMILES string of the molecule is COCc1cc(N2CCC(Nc3cccc(C)n3)CC2)n2ncnc2n1. The summed E-state index contributed by atoms with van der Waals surface area (Å²) in [4.78, 5) is 15.6. The predicted octanol–water partition coefficient (Wildman–Crippen LogP) is 2.06. The van der Waals surface area contributed by atoms with Gasteiger partial charge in [-0.1, -0.05) is 6.07 Å². The number of piperidine rings is 1. The maximum Gasteiger partial charge on any atom is 0.254 e. The second-order valence-corrected chi connectivity index (χ2v) is 6.58. The van der Waals surface area contributed by atoms with E-state index in [9.17, 15) is 0 Å². The van der Waals surface area contributed by atoms with Crippen molar-refractivity contribution in [1.29, 1.82) is 0 Å². The molecule has 0 bridgehead atoms. The van der Waals surface area contributed by atoms with E-state index in [2.05, 4.69) is 30.3 Å². The van der Waals surface area contributed by atoms with Crippen LogP contribution in [0.2, 0.25) is 0 Å². The number of nitrogens with one attached hydrogen (secondary N) is 1. The molecule has 1 saturated heterocycles. The third-order valence-corrected chi connectivity index (χ3v) is 4.64. The van der Waals surface area contributed by atoms with Gasteiger partial charge in [0.1, 0.15) is 18.0 Å². The second kappa shape index (κ2) is 7.25. The van der Waals surface area contributed by atoms with Crippen molar-refractivity contribution in [3.8, 4) is 0 Å². The zero-order valence-corrected chi connectivity index (χ0v) is 15.1. The van der Waals surface area contributed by atoms with Crippen LogP contribution in [0.15, 0.2) is 30.6 Å². The van der Waals surface area contributed by atoms with Crippen molar-refractivity contribution < 1.29 is 4.74 Å². The van der Waals surface area contributed by atoms with Crippen LogP contribution in [0.3, 0.4) is 0 Å². The van der Waals surface area contributed by atoms with Crippen LogP contribution in [0.5, 0.6) is 0 Å². The van der Waals surface area contributed by atoms with E-state index in [1.165, 1.54) is 0 Å². The van der Waals surface area contributed by atoms with Gasteiger partial charge >= 0.3 is 0 Å². The fourth-order valence-electron chi connectivity index (χ4n) is 3.38. The highest BCUT2D eigenvalue weighted by Gasteiger charge is 2.22. The highest BCUT2D eigenvalue weighted by molar-refractivity contribution is 5.48. The van der Waals surface area contributed by atoms with Crippen LogP contribution in [0.4, 0.5) is 11.6 Å². The summed E-state index contributed by atoms with van der Waals surface area (Å²) in [6.45, 7) is 4.36. The van der Waals surface area contributed by atoms with Gasteiger partial charge in [-0.25, -0.2) is 9.97 Å². The molecule has 8 nitrogen and oxygen atoms in total. The van der Waals surface area contributed by atoms with E-state index < -0.39 is 0 Å². The summed E-state index contributed by atoms with van der Waals surface area (Å²) in [7, 11) is 1.67. The molecule has 3 aromatic rings. The topological polar surface area (TPSA) is 80.5 Å². The van der Waals surface area contributed by atoms with Crippen LogP contribution >= 0.6 is 0 Å². The first-order chi connectivity index (χ1) is 12.7. The Morgan fingerprint density at radius 3 is 2.85 bits per heavy atom. The van der Waals surface area contributed by atoms with Crippen LogP contribution in [-0.2, 0) is 11.3 Å². The number of methoxy groups -OCH3 is 1. The molecular formula is C18H23N7O. The first-order valence-corrected chi connectivity index (χ1v) is 8.86. The number of ether oxygens (including phenoxy) is 1. The monoisotopic (exact) mass is 353 g/mol. The molecule has 0 atom stereocenters. The Labute approximate surface area is 152 Å². The summed E-state index contributed by atoms with van der Waals surface area (Å²) >= 11 is 0.